The Morgan fingerprint density at radius 3 is 2.53 bits per heavy atom. The Hall–Kier alpha value is -0.730. The van der Waals surface area contributed by atoms with Gasteiger partial charge in [0.25, 0.3) is 0 Å². The van der Waals surface area contributed by atoms with Crippen molar-refractivity contribution in [2.75, 3.05) is 6.54 Å². The van der Waals surface area contributed by atoms with E-state index >= 15 is 0 Å². The van der Waals surface area contributed by atoms with Gasteiger partial charge in [-0.25, -0.2) is 0 Å². The molecule has 15 heavy (non-hydrogen) atoms. The van der Waals surface area contributed by atoms with Crippen molar-refractivity contribution in [3.8, 4) is 0 Å². The minimum absolute atomic E-state index is 0.263. The molecule has 0 amide bonds. The highest BCUT2D eigenvalue weighted by molar-refractivity contribution is 5.81. The van der Waals surface area contributed by atoms with E-state index in [0.29, 0.717) is 6.04 Å². The van der Waals surface area contributed by atoms with Gasteiger partial charge in [0.2, 0.25) is 0 Å². The van der Waals surface area contributed by atoms with Crippen LogP contribution in [0.1, 0.15) is 45.4 Å². The summed E-state index contributed by atoms with van der Waals surface area (Å²) in [5.41, 5.74) is 6.34. The molecule has 0 aromatic carbocycles. The number of nitrogens with two attached hydrogens (primary N) is 1. The van der Waals surface area contributed by atoms with Crippen molar-refractivity contribution < 1.29 is 0 Å². The van der Waals surface area contributed by atoms with Gasteiger partial charge in [-0.1, -0.05) is 12.8 Å². The van der Waals surface area contributed by atoms with Gasteiger partial charge in [-0.2, -0.15) is 0 Å². The molecule has 0 bridgehead atoms. The third-order valence-corrected chi connectivity index (χ3v) is 4.51. The summed E-state index contributed by atoms with van der Waals surface area (Å²) in [4.78, 5) is 6.97. The van der Waals surface area contributed by atoms with Crippen molar-refractivity contribution in [1.29, 1.82) is 0 Å². The van der Waals surface area contributed by atoms with Gasteiger partial charge >= 0.3 is 0 Å². The van der Waals surface area contributed by atoms with Gasteiger partial charge < -0.3 is 10.6 Å². The quantitative estimate of drug-likeness (QED) is 0.749. The van der Waals surface area contributed by atoms with Crippen molar-refractivity contribution in [1.82, 2.24) is 4.90 Å². The Balaban J connectivity index is 1.84. The van der Waals surface area contributed by atoms with Crippen LogP contribution in [-0.2, 0) is 0 Å². The van der Waals surface area contributed by atoms with E-state index in [1.165, 1.54) is 38.5 Å². The zero-order valence-corrected chi connectivity index (χ0v) is 9.58. The van der Waals surface area contributed by atoms with Crippen LogP contribution < -0.4 is 5.73 Å². The molecule has 3 nitrogen and oxygen atoms in total. The SMILES string of the molecule is CC1(C2CC2)CN=C(N)N1C1CCCC1. The summed E-state index contributed by atoms with van der Waals surface area (Å²) in [7, 11) is 0. The first-order valence-electron chi connectivity index (χ1n) is 6.31. The molecule has 2 aliphatic carbocycles. The predicted molar refractivity (Wildman–Crippen MR) is 61.7 cm³/mol. The fraction of sp³-hybridized carbons (Fsp3) is 0.917. The fourth-order valence-electron chi connectivity index (χ4n) is 3.45. The molecule has 3 aliphatic rings. The van der Waals surface area contributed by atoms with Gasteiger partial charge in [0, 0.05) is 6.04 Å². The first kappa shape index (κ1) is 9.49. The van der Waals surface area contributed by atoms with Gasteiger partial charge in [0.15, 0.2) is 5.96 Å². The maximum atomic E-state index is 6.08. The summed E-state index contributed by atoms with van der Waals surface area (Å²) >= 11 is 0. The summed E-state index contributed by atoms with van der Waals surface area (Å²) in [6.45, 7) is 3.30. The van der Waals surface area contributed by atoms with Crippen LogP contribution in [0.2, 0.25) is 0 Å². The average Bonchev–Trinajstić information content (AvgIpc) is 2.87. The number of hydrogen-bond acceptors (Lipinski definition) is 3. The zero-order chi connectivity index (χ0) is 10.5. The van der Waals surface area contributed by atoms with Gasteiger partial charge in [-0.15, -0.1) is 0 Å². The summed E-state index contributed by atoms with van der Waals surface area (Å²) in [6, 6.07) is 0.682. The fourth-order valence-corrected chi connectivity index (χ4v) is 3.45. The van der Waals surface area contributed by atoms with E-state index in [9.17, 15) is 0 Å². The van der Waals surface area contributed by atoms with E-state index in [1.807, 2.05) is 0 Å². The van der Waals surface area contributed by atoms with Gasteiger partial charge in [-0.05, 0) is 38.5 Å². The summed E-state index contributed by atoms with van der Waals surface area (Å²) in [5, 5.41) is 0. The molecule has 84 valence electrons. The topological polar surface area (TPSA) is 41.6 Å². The Morgan fingerprint density at radius 2 is 1.93 bits per heavy atom. The smallest absolute Gasteiger partial charge is 0.192 e. The second-order valence-corrected chi connectivity index (χ2v) is 5.61. The van der Waals surface area contributed by atoms with Crippen LogP contribution in [0, 0.1) is 5.92 Å². The predicted octanol–water partition coefficient (Wildman–Crippen LogP) is 1.73. The van der Waals surface area contributed by atoms with E-state index < -0.39 is 0 Å². The molecule has 1 aliphatic heterocycles. The number of hydrogen-bond donors (Lipinski definition) is 1. The lowest BCUT2D eigenvalue weighted by Crippen LogP contribution is -2.55. The molecule has 0 aromatic heterocycles. The molecule has 3 heteroatoms. The van der Waals surface area contributed by atoms with E-state index in [-0.39, 0.29) is 5.54 Å². The maximum Gasteiger partial charge on any atom is 0.192 e. The molecule has 0 spiro atoms. The lowest BCUT2D eigenvalue weighted by atomic mass is 9.93. The van der Waals surface area contributed by atoms with Gasteiger partial charge in [0.1, 0.15) is 0 Å². The zero-order valence-electron chi connectivity index (χ0n) is 9.58. The molecule has 2 saturated carbocycles. The third kappa shape index (κ3) is 1.35. The molecule has 1 unspecified atom stereocenters. The van der Waals surface area contributed by atoms with Crippen LogP contribution >= 0.6 is 0 Å². The monoisotopic (exact) mass is 207 g/mol. The normalized spacial score (nSPS) is 37.4. The standard InChI is InChI=1S/C12H21N3/c1-12(9-6-7-9)8-14-11(13)15(12)10-4-2-3-5-10/h9-10H,2-8H2,1H3,(H2,13,14). The van der Waals surface area contributed by atoms with Crippen molar-refractivity contribution in [2.45, 2.75) is 57.0 Å². The van der Waals surface area contributed by atoms with E-state index in [1.54, 1.807) is 0 Å². The van der Waals surface area contributed by atoms with Gasteiger partial charge in [0.05, 0.1) is 12.1 Å². The minimum atomic E-state index is 0.263. The number of guanidine groups is 1. The van der Waals surface area contributed by atoms with Crippen LogP contribution in [0.4, 0.5) is 0 Å². The second-order valence-electron chi connectivity index (χ2n) is 5.61. The van der Waals surface area contributed by atoms with Crippen molar-refractivity contribution in [2.24, 2.45) is 16.6 Å². The maximum absolute atomic E-state index is 6.08. The van der Waals surface area contributed by atoms with Crippen LogP contribution in [0.25, 0.3) is 0 Å². The highest BCUT2D eigenvalue weighted by atomic mass is 15.4. The van der Waals surface area contributed by atoms with E-state index in [2.05, 4.69) is 16.8 Å². The summed E-state index contributed by atoms with van der Waals surface area (Å²) in [6.07, 6.45) is 8.13. The lowest BCUT2D eigenvalue weighted by molar-refractivity contribution is 0.143. The molecule has 3 rings (SSSR count). The minimum Gasteiger partial charge on any atom is -0.370 e. The highest BCUT2D eigenvalue weighted by Gasteiger charge is 2.51. The molecular formula is C12H21N3. The van der Waals surface area contributed by atoms with Gasteiger partial charge in [-0.3, -0.25) is 4.99 Å². The Morgan fingerprint density at radius 1 is 1.27 bits per heavy atom. The van der Waals surface area contributed by atoms with Crippen LogP contribution in [0.5, 0.6) is 0 Å². The Kier molecular flexibility index (Phi) is 1.98. The first-order chi connectivity index (χ1) is 7.22. The average molecular weight is 207 g/mol. The van der Waals surface area contributed by atoms with E-state index in [4.69, 9.17) is 5.73 Å². The third-order valence-electron chi connectivity index (χ3n) is 4.51. The molecule has 1 heterocycles. The van der Waals surface area contributed by atoms with Crippen molar-refractivity contribution in [3.63, 3.8) is 0 Å². The molecule has 2 N–H and O–H groups in total. The largest absolute Gasteiger partial charge is 0.370 e. The Labute approximate surface area is 91.7 Å². The van der Waals surface area contributed by atoms with Crippen molar-refractivity contribution in [3.05, 3.63) is 0 Å². The van der Waals surface area contributed by atoms with Crippen LogP contribution in [0.3, 0.4) is 0 Å². The molecule has 1 atom stereocenters. The molecule has 0 saturated heterocycles. The van der Waals surface area contributed by atoms with Crippen molar-refractivity contribution >= 4 is 5.96 Å². The summed E-state index contributed by atoms with van der Waals surface area (Å²) < 4.78 is 0. The lowest BCUT2D eigenvalue weighted by Gasteiger charge is -2.41. The number of aliphatic imine (C=N–C) groups is 1. The Bertz CT molecular complexity index is 289. The number of rotatable bonds is 2. The van der Waals surface area contributed by atoms with Crippen LogP contribution in [-0.4, -0.2) is 29.0 Å². The molecule has 0 aromatic rings. The summed E-state index contributed by atoms with van der Waals surface area (Å²) in [5.74, 6) is 1.67. The highest BCUT2D eigenvalue weighted by Crippen LogP contribution is 2.47. The van der Waals surface area contributed by atoms with E-state index in [0.717, 1.165) is 18.4 Å². The van der Waals surface area contributed by atoms with Crippen LogP contribution in [0.15, 0.2) is 4.99 Å². The number of nitrogens with zero attached hydrogens (tertiary/aromatic N) is 2. The second kappa shape index (κ2) is 3.13. The first-order valence-corrected chi connectivity index (χ1v) is 6.31. The molecule has 2 fully saturated rings. The molecular weight excluding hydrogens is 186 g/mol. The molecule has 0 radical (unpaired) electrons.